The van der Waals surface area contributed by atoms with Crippen molar-refractivity contribution in [2.24, 2.45) is 0 Å². The van der Waals surface area contributed by atoms with Crippen molar-refractivity contribution in [3.8, 4) is 5.75 Å². The monoisotopic (exact) mass is 407 g/mol. The van der Waals surface area contributed by atoms with Gasteiger partial charge in [-0.15, -0.1) is 0 Å². The van der Waals surface area contributed by atoms with Gasteiger partial charge in [-0.3, -0.25) is 0 Å². The number of halogens is 4. The SMILES string of the molecule is COc1c(C)cc2c(N[C@H](C)c3cccc(C(F)(F)F)c3F)nc(C)nc2c1C. The molecule has 0 aliphatic heterocycles. The van der Waals surface area contributed by atoms with Gasteiger partial charge < -0.3 is 10.1 Å². The summed E-state index contributed by atoms with van der Waals surface area (Å²) in [7, 11) is 1.58. The highest BCUT2D eigenvalue weighted by Gasteiger charge is 2.35. The number of benzene rings is 2. The number of alkyl halides is 3. The van der Waals surface area contributed by atoms with Crippen LogP contribution < -0.4 is 10.1 Å². The van der Waals surface area contributed by atoms with Crippen LogP contribution in [-0.4, -0.2) is 17.1 Å². The molecule has 3 rings (SSSR count). The van der Waals surface area contributed by atoms with Crippen LogP contribution in [0.3, 0.4) is 0 Å². The third-order valence-electron chi connectivity index (χ3n) is 4.83. The molecule has 0 unspecified atom stereocenters. The molecule has 8 heteroatoms. The van der Waals surface area contributed by atoms with E-state index in [1.54, 1.807) is 21.0 Å². The van der Waals surface area contributed by atoms with Gasteiger partial charge in [0.25, 0.3) is 0 Å². The predicted octanol–water partition coefficient (Wildman–Crippen LogP) is 5.89. The second-order valence-corrected chi connectivity index (χ2v) is 6.94. The topological polar surface area (TPSA) is 47.0 Å². The lowest BCUT2D eigenvalue weighted by Gasteiger charge is -2.20. The summed E-state index contributed by atoms with van der Waals surface area (Å²) in [5, 5.41) is 3.74. The van der Waals surface area contributed by atoms with Crippen molar-refractivity contribution in [2.45, 2.75) is 39.9 Å². The number of aryl methyl sites for hydroxylation is 3. The van der Waals surface area contributed by atoms with Crippen molar-refractivity contribution in [3.63, 3.8) is 0 Å². The molecule has 1 heterocycles. The summed E-state index contributed by atoms with van der Waals surface area (Å²) in [6, 6.07) is 4.35. The first-order valence-corrected chi connectivity index (χ1v) is 8.99. The van der Waals surface area contributed by atoms with Crippen molar-refractivity contribution < 1.29 is 22.3 Å². The Balaban J connectivity index is 2.09. The molecule has 1 aromatic heterocycles. The Hall–Kier alpha value is -2.90. The molecule has 0 saturated heterocycles. The van der Waals surface area contributed by atoms with Gasteiger partial charge in [-0.05, 0) is 45.4 Å². The molecule has 2 aromatic carbocycles. The average molecular weight is 407 g/mol. The highest BCUT2D eigenvalue weighted by atomic mass is 19.4. The number of nitrogens with zero attached hydrogens (tertiary/aromatic N) is 2. The predicted molar refractivity (Wildman–Crippen MR) is 104 cm³/mol. The molecule has 1 N–H and O–H groups in total. The third-order valence-corrected chi connectivity index (χ3v) is 4.83. The van der Waals surface area contributed by atoms with Crippen LogP contribution in [0.25, 0.3) is 10.9 Å². The Morgan fingerprint density at radius 2 is 1.79 bits per heavy atom. The van der Waals surface area contributed by atoms with Gasteiger partial charge in [0.1, 0.15) is 23.2 Å². The number of anilines is 1. The first-order chi connectivity index (χ1) is 13.5. The number of aromatic nitrogens is 2. The second-order valence-electron chi connectivity index (χ2n) is 6.94. The van der Waals surface area contributed by atoms with Gasteiger partial charge in [0.2, 0.25) is 0 Å². The highest BCUT2D eigenvalue weighted by molar-refractivity contribution is 5.93. The molecule has 1 atom stereocenters. The first-order valence-electron chi connectivity index (χ1n) is 8.99. The normalized spacial score (nSPS) is 12.9. The maximum atomic E-state index is 14.5. The van der Waals surface area contributed by atoms with Crippen LogP contribution in [0, 0.1) is 26.6 Å². The van der Waals surface area contributed by atoms with Gasteiger partial charge in [0.05, 0.1) is 24.2 Å². The fourth-order valence-electron chi connectivity index (χ4n) is 3.50. The average Bonchev–Trinajstić information content (AvgIpc) is 2.62. The van der Waals surface area contributed by atoms with E-state index in [0.717, 1.165) is 17.2 Å². The number of ether oxygens (including phenoxy) is 1. The Labute approximate surface area is 165 Å². The first kappa shape index (κ1) is 20.8. The number of rotatable bonds is 4. The molecule has 4 nitrogen and oxygen atoms in total. The van der Waals surface area contributed by atoms with Crippen LogP contribution in [0.2, 0.25) is 0 Å². The molecule has 0 spiro atoms. The summed E-state index contributed by atoms with van der Waals surface area (Å²) in [5.41, 5.74) is 0.981. The van der Waals surface area contributed by atoms with Crippen molar-refractivity contribution in [1.82, 2.24) is 9.97 Å². The molecule has 154 valence electrons. The minimum atomic E-state index is -4.76. The van der Waals surface area contributed by atoms with Gasteiger partial charge in [-0.1, -0.05) is 12.1 Å². The van der Waals surface area contributed by atoms with Crippen LogP contribution >= 0.6 is 0 Å². The highest BCUT2D eigenvalue weighted by Crippen LogP contribution is 2.36. The Morgan fingerprint density at radius 3 is 2.41 bits per heavy atom. The van der Waals surface area contributed by atoms with Crippen LogP contribution in [0.1, 0.15) is 41.0 Å². The molecule has 0 fully saturated rings. The van der Waals surface area contributed by atoms with Gasteiger partial charge in [-0.25, -0.2) is 14.4 Å². The fraction of sp³-hybridized carbons (Fsp3) is 0.333. The van der Waals surface area contributed by atoms with Gasteiger partial charge in [0.15, 0.2) is 0 Å². The summed E-state index contributed by atoms with van der Waals surface area (Å²) < 4.78 is 59.1. The van der Waals surface area contributed by atoms with Crippen molar-refractivity contribution in [2.75, 3.05) is 12.4 Å². The molecule has 0 bridgehead atoms. The van der Waals surface area contributed by atoms with E-state index in [1.807, 2.05) is 19.9 Å². The molecule has 0 amide bonds. The number of hydrogen-bond donors (Lipinski definition) is 1. The molecule has 3 aromatic rings. The van der Waals surface area contributed by atoms with Crippen LogP contribution in [-0.2, 0) is 6.18 Å². The molecule has 0 saturated carbocycles. The molecule has 29 heavy (non-hydrogen) atoms. The lowest BCUT2D eigenvalue weighted by molar-refractivity contribution is -0.140. The lowest BCUT2D eigenvalue weighted by atomic mass is 10.0. The van der Waals surface area contributed by atoms with Crippen molar-refractivity contribution >= 4 is 16.7 Å². The number of nitrogens with one attached hydrogen (secondary N) is 1. The molecule has 0 aliphatic carbocycles. The summed E-state index contributed by atoms with van der Waals surface area (Å²) in [4.78, 5) is 8.87. The zero-order valence-electron chi connectivity index (χ0n) is 16.7. The van der Waals surface area contributed by atoms with Crippen molar-refractivity contribution in [1.29, 1.82) is 0 Å². The maximum absolute atomic E-state index is 14.5. The molecular formula is C21H21F4N3O. The zero-order chi connectivity index (χ0) is 21.5. The molecular weight excluding hydrogens is 386 g/mol. The van der Waals surface area contributed by atoms with Crippen LogP contribution in [0.15, 0.2) is 24.3 Å². The zero-order valence-corrected chi connectivity index (χ0v) is 16.7. The fourth-order valence-corrected chi connectivity index (χ4v) is 3.50. The quantitative estimate of drug-likeness (QED) is 0.548. The minimum absolute atomic E-state index is 0.0915. The van der Waals surface area contributed by atoms with E-state index < -0.39 is 23.6 Å². The van der Waals surface area contributed by atoms with E-state index >= 15 is 0 Å². The standard InChI is InChI=1S/C21H21F4N3O/c1-10-9-15-18(11(2)19(10)29-5)27-13(4)28-20(15)26-12(3)14-7-6-8-16(17(14)22)21(23,24)25/h6-9,12H,1-5H3,(H,26,27,28)/t12-/m1/s1. The number of methoxy groups -OCH3 is 1. The Bertz CT molecular complexity index is 1080. The summed E-state index contributed by atoms with van der Waals surface area (Å²) >= 11 is 0. The molecule has 0 aliphatic rings. The summed E-state index contributed by atoms with van der Waals surface area (Å²) in [6.45, 7) is 7.06. The Kier molecular flexibility index (Phi) is 5.38. The number of hydrogen-bond acceptors (Lipinski definition) is 4. The van der Waals surface area contributed by atoms with Crippen molar-refractivity contribution in [3.05, 3.63) is 58.2 Å². The minimum Gasteiger partial charge on any atom is -0.496 e. The van der Waals surface area contributed by atoms with Gasteiger partial charge in [-0.2, -0.15) is 13.2 Å². The smallest absolute Gasteiger partial charge is 0.419 e. The summed E-state index contributed by atoms with van der Waals surface area (Å²) in [5.74, 6) is 0.319. The van der Waals surface area contributed by atoms with E-state index in [1.165, 1.54) is 12.1 Å². The number of fused-ring (bicyclic) bond motifs is 1. The van der Waals surface area contributed by atoms with Crippen LogP contribution in [0.4, 0.5) is 23.4 Å². The van der Waals surface area contributed by atoms with E-state index in [4.69, 9.17) is 4.74 Å². The van der Waals surface area contributed by atoms with E-state index in [2.05, 4.69) is 15.3 Å². The summed E-state index contributed by atoms with van der Waals surface area (Å²) in [6.07, 6.45) is -4.76. The van der Waals surface area contributed by atoms with Crippen LogP contribution in [0.5, 0.6) is 5.75 Å². The maximum Gasteiger partial charge on any atom is 0.419 e. The lowest BCUT2D eigenvalue weighted by Crippen LogP contribution is -2.15. The van der Waals surface area contributed by atoms with Gasteiger partial charge >= 0.3 is 6.18 Å². The van der Waals surface area contributed by atoms with E-state index in [0.29, 0.717) is 28.3 Å². The largest absolute Gasteiger partial charge is 0.496 e. The second kappa shape index (κ2) is 7.50. The third kappa shape index (κ3) is 3.83. The Morgan fingerprint density at radius 1 is 1.10 bits per heavy atom. The van der Waals surface area contributed by atoms with Gasteiger partial charge in [0, 0.05) is 16.5 Å². The molecule has 0 radical (unpaired) electrons. The van der Waals surface area contributed by atoms with E-state index in [9.17, 15) is 17.6 Å². The van der Waals surface area contributed by atoms with E-state index in [-0.39, 0.29) is 5.56 Å².